The maximum absolute atomic E-state index is 13.4. The van der Waals surface area contributed by atoms with Gasteiger partial charge in [-0.25, -0.2) is 8.42 Å². The highest BCUT2D eigenvalue weighted by Crippen LogP contribution is 2.38. The predicted molar refractivity (Wildman–Crippen MR) is 102 cm³/mol. The number of aliphatic hydroxyl groups is 2. The van der Waals surface area contributed by atoms with Gasteiger partial charge in [-0.3, -0.25) is 0 Å². The van der Waals surface area contributed by atoms with Gasteiger partial charge in [-0.2, -0.15) is 0 Å². The molecule has 0 aliphatic heterocycles. The van der Waals surface area contributed by atoms with Crippen LogP contribution in [0.5, 0.6) is 11.5 Å². The number of aliphatic hydroxyl groups excluding tert-OH is 2. The fourth-order valence-corrected chi connectivity index (χ4v) is 4.77. The van der Waals surface area contributed by atoms with E-state index in [2.05, 4.69) is 0 Å². The normalized spacial score (nSPS) is 11.4. The Balaban J connectivity index is 2.77. The van der Waals surface area contributed by atoms with Gasteiger partial charge in [-0.15, -0.1) is 0 Å². The van der Waals surface area contributed by atoms with Gasteiger partial charge in [0.2, 0.25) is 9.84 Å². The molecule has 0 aromatic heterocycles. The molecule has 0 unspecified atom stereocenters. The van der Waals surface area contributed by atoms with Gasteiger partial charge in [0.15, 0.2) is 0 Å². The number of benzene rings is 2. The zero-order valence-electron chi connectivity index (χ0n) is 15.2. The summed E-state index contributed by atoms with van der Waals surface area (Å²) in [6.07, 6.45) is 0.0805. The number of ether oxygens (including phenoxy) is 2. The lowest BCUT2D eigenvalue weighted by Crippen LogP contribution is -2.14. The first-order valence-corrected chi connectivity index (χ1v) is 9.69. The minimum absolute atomic E-state index is 0.0402. The Labute approximate surface area is 158 Å². The van der Waals surface area contributed by atoms with E-state index in [4.69, 9.17) is 20.9 Å². The van der Waals surface area contributed by atoms with Gasteiger partial charge in [0.1, 0.15) is 11.5 Å². The monoisotopic (exact) mass is 396 g/mol. The van der Waals surface area contributed by atoms with Gasteiger partial charge in [-0.1, -0.05) is 0 Å². The van der Waals surface area contributed by atoms with Crippen LogP contribution >= 0.6 is 0 Å². The second kappa shape index (κ2) is 8.47. The van der Waals surface area contributed by atoms with Crippen molar-refractivity contribution in [2.75, 3.05) is 38.9 Å². The van der Waals surface area contributed by atoms with E-state index in [1.807, 2.05) is 0 Å². The fraction of sp³-hybridized carbons (Fsp3) is 0.333. The molecule has 0 heterocycles. The van der Waals surface area contributed by atoms with Crippen molar-refractivity contribution in [3.63, 3.8) is 0 Å². The Kier molecular flexibility index (Phi) is 6.53. The SMILES string of the molecule is COc1ccc(S(=O)(=O)c2ccc(OC)c(N)c2CCO)c(CCO)c1N. The molecule has 148 valence electrons. The summed E-state index contributed by atoms with van der Waals surface area (Å²) in [5.74, 6) is 0.643. The number of methoxy groups -OCH3 is 2. The van der Waals surface area contributed by atoms with Crippen LogP contribution in [0.3, 0.4) is 0 Å². The van der Waals surface area contributed by atoms with Crippen LogP contribution in [0.2, 0.25) is 0 Å². The molecule has 0 amide bonds. The maximum atomic E-state index is 13.4. The molecule has 0 bridgehead atoms. The standard InChI is InChI=1S/C18H24N2O6S/c1-25-13-3-5-15(11(7-9-21)17(13)19)27(23,24)16-6-4-14(26-2)18(20)12(16)8-10-22/h3-6,21-22H,7-10,19-20H2,1-2H3. The average molecular weight is 396 g/mol. The van der Waals surface area contributed by atoms with Crippen LogP contribution < -0.4 is 20.9 Å². The third-order valence-electron chi connectivity index (χ3n) is 4.29. The molecule has 0 aliphatic carbocycles. The zero-order valence-corrected chi connectivity index (χ0v) is 16.0. The topological polar surface area (TPSA) is 145 Å². The van der Waals surface area contributed by atoms with Crippen molar-refractivity contribution >= 4 is 21.2 Å². The summed E-state index contributed by atoms with van der Waals surface area (Å²) < 4.78 is 37.0. The number of hydrogen-bond donors (Lipinski definition) is 4. The number of nitrogens with two attached hydrogens (primary N) is 2. The summed E-state index contributed by atoms with van der Waals surface area (Å²) in [4.78, 5) is -0.0859. The zero-order chi connectivity index (χ0) is 20.2. The van der Waals surface area contributed by atoms with E-state index in [9.17, 15) is 18.6 Å². The van der Waals surface area contributed by atoms with E-state index in [1.165, 1.54) is 38.5 Å². The van der Waals surface area contributed by atoms with Gasteiger partial charge in [0, 0.05) is 24.3 Å². The van der Waals surface area contributed by atoms with Crippen LogP contribution in [0.4, 0.5) is 11.4 Å². The summed E-state index contributed by atoms with van der Waals surface area (Å²) in [6, 6.07) is 5.70. The summed E-state index contributed by atoms with van der Waals surface area (Å²) in [6.45, 7) is -0.567. The highest BCUT2D eigenvalue weighted by Gasteiger charge is 2.28. The van der Waals surface area contributed by atoms with Crippen LogP contribution in [-0.2, 0) is 22.7 Å². The number of nitrogen functional groups attached to an aromatic ring is 2. The molecule has 0 radical (unpaired) electrons. The minimum atomic E-state index is -4.03. The molecule has 8 nitrogen and oxygen atoms in total. The second-order valence-electron chi connectivity index (χ2n) is 5.77. The Hall–Kier alpha value is -2.49. The summed E-state index contributed by atoms with van der Waals surface area (Å²) in [5, 5.41) is 18.7. The Bertz CT molecular complexity index is 858. The van der Waals surface area contributed by atoms with E-state index in [0.717, 1.165) is 0 Å². The number of rotatable bonds is 8. The molecule has 0 saturated heterocycles. The first-order chi connectivity index (χ1) is 12.8. The molecular formula is C18H24N2O6S. The molecular weight excluding hydrogens is 372 g/mol. The molecule has 0 fully saturated rings. The molecule has 2 aromatic carbocycles. The molecule has 0 atom stereocenters. The fourth-order valence-electron chi connectivity index (χ4n) is 2.96. The summed E-state index contributed by atoms with van der Waals surface area (Å²) >= 11 is 0. The third-order valence-corrected chi connectivity index (χ3v) is 6.21. The van der Waals surface area contributed by atoms with Crippen molar-refractivity contribution in [2.45, 2.75) is 22.6 Å². The molecule has 27 heavy (non-hydrogen) atoms. The van der Waals surface area contributed by atoms with Crippen LogP contribution in [0.1, 0.15) is 11.1 Å². The van der Waals surface area contributed by atoms with E-state index >= 15 is 0 Å². The van der Waals surface area contributed by atoms with Crippen LogP contribution in [-0.4, -0.2) is 46.1 Å². The molecule has 0 spiro atoms. The van der Waals surface area contributed by atoms with Crippen molar-refractivity contribution in [3.8, 4) is 11.5 Å². The Morgan fingerprint density at radius 3 is 1.48 bits per heavy atom. The molecule has 2 aromatic rings. The van der Waals surface area contributed by atoms with Gasteiger partial charge in [-0.05, 0) is 37.1 Å². The molecule has 9 heteroatoms. The van der Waals surface area contributed by atoms with E-state index in [0.29, 0.717) is 11.5 Å². The maximum Gasteiger partial charge on any atom is 0.207 e. The predicted octanol–water partition coefficient (Wildman–Crippen LogP) is 0.771. The Morgan fingerprint density at radius 1 is 0.815 bits per heavy atom. The van der Waals surface area contributed by atoms with Crippen LogP contribution in [0.25, 0.3) is 0 Å². The van der Waals surface area contributed by atoms with Crippen molar-refractivity contribution in [2.24, 2.45) is 0 Å². The van der Waals surface area contributed by atoms with Crippen molar-refractivity contribution in [3.05, 3.63) is 35.4 Å². The van der Waals surface area contributed by atoms with Gasteiger partial charge in [0.25, 0.3) is 0 Å². The van der Waals surface area contributed by atoms with E-state index in [1.54, 1.807) is 0 Å². The largest absolute Gasteiger partial charge is 0.495 e. The highest BCUT2D eigenvalue weighted by molar-refractivity contribution is 7.91. The number of hydrogen-bond acceptors (Lipinski definition) is 8. The van der Waals surface area contributed by atoms with Gasteiger partial charge < -0.3 is 31.2 Å². The second-order valence-corrected chi connectivity index (χ2v) is 7.65. The molecule has 2 rings (SSSR count). The lowest BCUT2D eigenvalue weighted by atomic mass is 10.1. The lowest BCUT2D eigenvalue weighted by Gasteiger charge is -2.18. The average Bonchev–Trinajstić information content (AvgIpc) is 2.64. The van der Waals surface area contributed by atoms with Crippen LogP contribution in [0, 0.1) is 0 Å². The van der Waals surface area contributed by atoms with Crippen molar-refractivity contribution in [1.82, 2.24) is 0 Å². The number of anilines is 2. The molecule has 6 N–H and O–H groups in total. The molecule has 0 aliphatic rings. The highest BCUT2D eigenvalue weighted by atomic mass is 32.2. The minimum Gasteiger partial charge on any atom is -0.495 e. The van der Waals surface area contributed by atoms with E-state index < -0.39 is 9.84 Å². The van der Waals surface area contributed by atoms with Crippen molar-refractivity contribution in [1.29, 1.82) is 0 Å². The lowest BCUT2D eigenvalue weighted by molar-refractivity contribution is 0.298. The first-order valence-electron chi connectivity index (χ1n) is 8.20. The smallest absolute Gasteiger partial charge is 0.207 e. The van der Waals surface area contributed by atoms with Crippen LogP contribution in [0.15, 0.2) is 34.1 Å². The van der Waals surface area contributed by atoms with Crippen molar-refractivity contribution < 1.29 is 28.1 Å². The van der Waals surface area contributed by atoms with Gasteiger partial charge in [0.05, 0.1) is 35.4 Å². The molecule has 0 saturated carbocycles. The third kappa shape index (κ3) is 3.80. The summed E-state index contributed by atoms with van der Waals surface area (Å²) in [7, 11) is -1.19. The van der Waals surface area contributed by atoms with Gasteiger partial charge >= 0.3 is 0 Å². The first kappa shape index (κ1) is 20.8. The van der Waals surface area contributed by atoms with E-state index in [-0.39, 0.29) is 58.3 Å². The Morgan fingerprint density at radius 2 is 1.19 bits per heavy atom. The number of sulfone groups is 1. The quantitative estimate of drug-likeness (QED) is 0.479. The summed E-state index contributed by atoms with van der Waals surface area (Å²) in [5.41, 5.74) is 12.9.